The molecular formula is C31H25BrN2. The zero-order valence-corrected chi connectivity index (χ0v) is 20.4. The molecule has 2 nitrogen and oxygen atoms in total. The molecule has 6 rings (SSSR count). The van der Waals surface area contributed by atoms with Crippen LogP contribution in [0.3, 0.4) is 0 Å². The second-order valence-electron chi connectivity index (χ2n) is 8.78. The van der Waals surface area contributed by atoms with Crippen LogP contribution in [0.25, 0.3) is 16.5 Å². The van der Waals surface area contributed by atoms with Crippen LogP contribution in [0.2, 0.25) is 0 Å². The lowest BCUT2D eigenvalue weighted by molar-refractivity contribution is 0.567. The second kappa shape index (κ2) is 8.43. The fourth-order valence-electron chi connectivity index (χ4n) is 5.52. The molecule has 0 aliphatic carbocycles. The minimum Gasteiger partial charge on any atom is -0.330 e. The molecule has 166 valence electrons. The van der Waals surface area contributed by atoms with Crippen molar-refractivity contribution < 1.29 is 0 Å². The first-order valence-electron chi connectivity index (χ1n) is 11.7. The second-order valence-corrected chi connectivity index (χ2v) is 9.70. The molecule has 1 aliphatic heterocycles. The van der Waals surface area contributed by atoms with Crippen molar-refractivity contribution in [3.05, 3.63) is 148 Å². The highest BCUT2D eigenvalue weighted by molar-refractivity contribution is 9.10. The van der Waals surface area contributed by atoms with E-state index in [1.54, 1.807) is 0 Å². The van der Waals surface area contributed by atoms with Crippen LogP contribution < -0.4 is 5.73 Å². The van der Waals surface area contributed by atoms with E-state index in [-0.39, 0.29) is 0 Å². The fraction of sp³-hybridized carbons (Fsp3) is 0.0968. The maximum absolute atomic E-state index is 6.16. The number of halogens is 1. The SMILES string of the molecule is NCCc1c2n(c3ccccc13)C(c1ccccc1)(c1ccccc1)C=C2c1ccc(Br)cc1. The summed E-state index contributed by atoms with van der Waals surface area (Å²) < 4.78 is 3.63. The smallest absolute Gasteiger partial charge is 0.115 e. The minimum atomic E-state index is -0.466. The van der Waals surface area contributed by atoms with Crippen LogP contribution in [0, 0.1) is 0 Å². The van der Waals surface area contributed by atoms with Gasteiger partial charge in [0.05, 0.1) is 11.2 Å². The standard InChI is InChI=1S/C31H25BrN2/c32-25-17-15-22(16-18-25)28-21-31(23-9-3-1-4-10-23,24-11-5-2-6-12-24)34-29-14-8-7-13-26(29)27(19-20-33)30(28)34/h1-18,21H,19-20,33H2. The number of allylic oxidation sites excluding steroid dienone is 1. The molecule has 0 unspecified atom stereocenters. The summed E-state index contributed by atoms with van der Waals surface area (Å²) in [5.74, 6) is 0. The van der Waals surface area contributed by atoms with Gasteiger partial charge in [-0.25, -0.2) is 0 Å². The Morgan fingerprint density at radius 1 is 0.706 bits per heavy atom. The van der Waals surface area contributed by atoms with Gasteiger partial charge in [-0.15, -0.1) is 0 Å². The Bertz CT molecular complexity index is 1460. The molecule has 2 N–H and O–H groups in total. The molecule has 2 heterocycles. The normalized spacial score (nSPS) is 14.2. The largest absolute Gasteiger partial charge is 0.330 e. The predicted octanol–water partition coefficient (Wildman–Crippen LogP) is 7.14. The predicted molar refractivity (Wildman–Crippen MR) is 145 cm³/mol. The topological polar surface area (TPSA) is 30.9 Å². The third-order valence-corrected chi connectivity index (χ3v) is 7.45. The van der Waals surface area contributed by atoms with Gasteiger partial charge in [-0.05, 0) is 59.5 Å². The summed E-state index contributed by atoms with van der Waals surface area (Å²) in [6, 6.07) is 39.1. The van der Waals surface area contributed by atoms with Gasteiger partial charge in [-0.2, -0.15) is 0 Å². The lowest BCUT2D eigenvalue weighted by Gasteiger charge is -2.33. The van der Waals surface area contributed by atoms with Crippen LogP contribution in [0.5, 0.6) is 0 Å². The van der Waals surface area contributed by atoms with E-state index in [9.17, 15) is 0 Å². The highest BCUT2D eigenvalue weighted by Gasteiger charge is 2.43. The monoisotopic (exact) mass is 504 g/mol. The summed E-state index contributed by atoms with van der Waals surface area (Å²) >= 11 is 3.61. The van der Waals surface area contributed by atoms with E-state index >= 15 is 0 Å². The number of fused-ring (bicyclic) bond motifs is 3. The van der Waals surface area contributed by atoms with Crippen LogP contribution in [0.4, 0.5) is 0 Å². The van der Waals surface area contributed by atoms with E-state index in [1.807, 2.05) is 0 Å². The Labute approximate surface area is 208 Å². The zero-order valence-electron chi connectivity index (χ0n) is 18.8. The molecule has 0 saturated carbocycles. The van der Waals surface area contributed by atoms with Crippen LogP contribution in [0.1, 0.15) is 27.9 Å². The summed E-state index contributed by atoms with van der Waals surface area (Å²) in [4.78, 5) is 0. The Morgan fingerprint density at radius 2 is 1.29 bits per heavy atom. The van der Waals surface area contributed by atoms with Crippen molar-refractivity contribution in [1.29, 1.82) is 0 Å². The van der Waals surface area contributed by atoms with Crippen LogP contribution in [-0.2, 0) is 12.0 Å². The molecule has 0 fully saturated rings. The first kappa shape index (κ1) is 21.2. The number of benzene rings is 4. The number of nitrogens with two attached hydrogens (primary N) is 1. The molecule has 0 saturated heterocycles. The number of rotatable bonds is 5. The van der Waals surface area contributed by atoms with Crippen molar-refractivity contribution >= 4 is 32.4 Å². The average molecular weight is 505 g/mol. The molecule has 0 atom stereocenters. The molecule has 1 aliphatic rings. The third kappa shape index (κ3) is 3.12. The lowest BCUT2D eigenvalue weighted by Crippen LogP contribution is -2.32. The molecular weight excluding hydrogens is 480 g/mol. The quantitative estimate of drug-likeness (QED) is 0.270. The molecule has 0 bridgehead atoms. The Hall–Kier alpha value is -3.40. The molecule has 0 radical (unpaired) electrons. The average Bonchev–Trinajstić information content (AvgIpc) is 3.41. The van der Waals surface area contributed by atoms with Gasteiger partial charge in [0.15, 0.2) is 0 Å². The van der Waals surface area contributed by atoms with Gasteiger partial charge in [0.2, 0.25) is 0 Å². The molecule has 1 aromatic heterocycles. The van der Waals surface area contributed by atoms with E-state index in [4.69, 9.17) is 5.73 Å². The Kier molecular flexibility index (Phi) is 5.24. The first-order chi connectivity index (χ1) is 16.7. The number of hydrogen-bond donors (Lipinski definition) is 1. The van der Waals surface area contributed by atoms with Gasteiger partial charge in [0, 0.05) is 15.4 Å². The van der Waals surface area contributed by atoms with Crippen molar-refractivity contribution in [3.8, 4) is 0 Å². The number of nitrogens with zero attached hydrogens (tertiary/aromatic N) is 1. The van der Waals surface area contributed by atoms with E-state index < -0.39 is 5.54 Å². The molecule has 0 spiro atoms. The summed E-state index contributed by atoms with van der Waals surface area (Å²) in [5, 5.41) is 1.28. The highest BCUT2D eigenvalue weighted by Crippen LogP contribution is 2.51. The molecule has 5 aromatic rings. The van der Waals surface area contributed by atoms with Gasteiger partial charge in [-0.3, -0.25) is 0 Å². The number of para-hydroxylation sites is 1. The zero-order chi connectivity index (χ0) is 23.1. The first-order valence-corrected chi connectivity index (χ1v) is 12.5. The van der Waals surface area contributed by atoms with Crippen molar-refractivity contribution in [2.24, 2.45) is 5.73 Å². The summed E-state index contributed by atoms with van der Waals surface area (Å²) in [5.41, 5.74) is 14.5. The van der Waals surface area contributed by atoms with Gasteiger partial charge in [0.25, 0.3) is 0 Å². The maximum atomic E-state index is 6.16. The van der Waals surface area contributed by atoms with Gasteiger partial charge in [-0.1, -0.05) is 107 Å². The van der Waals surface area contributed by atoms with Crippen LogP contribution in [0.15, 0.2) is 120 Å². The van der Waals surface area contributed by atoms with E-state index in [2.05, 4.69) is 136 Å². The Balaban J connectivity index is 1.80. The summed E-state index contributed by atoms with van der Waals surface area (Å²) in [7, 11) is 0. The van der Waals surface area contributed by atoms with Crippen molar-refractivity contribution in [3.63, 3.8) is 0 Å². The third-order valence-electron chi connectivity index (χ3n) is 6.92. The van der Waals surface area contributed by atoms with E-state index in [1.165, 1.54) is 44.4 Å². The highest BCUT2D eigenvalue weighted by atomic mass is 79.9. The number of hydrogen-bond acceptors (Lipinski definition) is 1. The summed E-state index contributed by atoms with van der Waals surface area (Å²) in [6.45, 7) is 0.609. The molecule has 0 amide bonds. The summed E-state index contributed by atoms with van der Waals surface area (Å²) in [6.07, 6.45) is 3.29. The van der Waals surface area contributed by atoms with Gasteiger partial charge < -0.3 is 10.3 Å². The van der Waals surface area contributed by atoms with E-state index in [0.717, 1.165) is 10.9 Å². The lowest BCUT2D eigenvalue weighted by atomic mass is 9.82. The Morgan fingerprint density at radius 3 is 1.91 bits per heavy atom. The minimum absolute atomic E-state index is 0.466. The van der Waals surface area contributed by atoms with Gasteiger partial charge in [0.1, 0.15) is 5.54 Å². The number of aromatic nitrogens is 1. The molecule has 3 heteroatoms. The van der Waals surface area contributed by atoms with E-state index in [0.29, 0.717) is 6.54 Å². The molecule has 4 aromatic carbocycles. The van der Waals surface area contributed by atoms with Crippen LogP contribution >= 0.6 is 15.9 Å². The van der Waals surface area contributed by atoms with Crippen molar-refractivity contribution in [2.45, 2.75) is 12.0 Å². The fourth-order valence-corrected chi connectivity index (χ4v) is 5.79. The van der Waals surface area contributed by atoms with Crippen molar-refractivity contribution in [2.75, 3.05) is 6.54 Å². The van der Waals surface area contributed by atoms with Crippen molar-refractivity contribution in [1.82, 2.24) is 4.57 Å². The van der Waals surface area contributed by atoms with Gasteiger partial charge >= 0.3 is 0 Å². The molecule has 34 heavy (non-hydrogen) atoms. The van der Waals surface area contributed by atoms with Crippen LogP contribution in [-0.4, -0.2) is 11.1 Å². The maximum Gasteiger partial charge on any atom is 0.115 e.